The minimum Gasteiger partial charge on any atom is -0.381 e. The molecule has 0 aromatic carbocycles. The molecule has 0 aromatic heterocycles. The maximum absolute atomic E-state index is 11.2. The second kappa shape index (κ2) is 5.21. The summed E-state index contributed by atoms with van der Waals surface area (Å²) in [6.45, 7) is 0.727. The third-order valence-corrected chi connectivity index (χ3v) is 2.33. The van der Waals surface area contributed by atoms with Crippen LogP contribution in [0.3, 0.4) is 0 Å². The van der Waals surface area contributed by atoms with Crippen LogP contribution in [0.25, 0.3) is 0 Å². The van der Waals surface area contributed by atoms with Gasteiger partial charge >= 0.3 is 0 Å². The number of aliphatic imine (C=N–C) groups is 1. The van der Waals surface area contributed by atoms with E-state index in [2.05, 4.69) is 15.0 Å². The molecule has 0 saturated heterocycles. The molecule has 0 aromatic rings. The first kappa shape index (κ1) is 10.5. The van der Waals surface area contributed by atoms with Gasteiger partial charge in [0.2, 0.25) is 0 Å². The molecule has 1 aliphatic rings. The number of hydrogen-bond acceptors (Lipinski definition) is 5. The number of thioether (sulfide) groups is 1. The van der Waals surface area contributed by atoms with Gasteiger partial charge in [-0.3, -0.25) is 9.79 Å². The Kier molecular flexibility index (Phi) is 4.20. The van der Waals surface area contributed by atoms with Gasteiger partial charge in [-0.1, -0.05) is 11.8 Å². The van der Waals surface area contributed by atoms with Crippen LogP contribution in [-0.2, 0) is 9.53 Å². The quantitative estimate of drug-likeness (QED) is 0.632. The van der Waals surface area contributed by atoms with Crippen molar-refractivity contribution in [3.8, 4) is 0 Å². The zero-order valence-electron chi connectivity index (χ0n) is 7.32. The highest BCUT2D eigenvalue weighted by atomic mass is 32.2. The van der Waals surface area contributed by atoms with E-state index in [-0.39, 0.29) is 6.61 Å². The summed E-state index contributed by atoms with van der Waals surface area (Å²) in [6.07, 6.45) is -1.12. The summed E-state index contributed by atoms with van der Waals surface area (Å²) in [5.74, 6) is 0.422. The van der Waals surface area contributed by atoms with Gasteiger partial charge in [0, 0.05) is 12.9 Å². The van der Waals surface area contributed by atoms with Gasteiger partial charge < -0.3 is 15.2 Å². The standard InChI is InChI=1S/C7H12N2O3S/c1-12-4-5(10)6(11)9-7-8-2-3-13-7/h5,10H,2-4H2,1H3,(H,8,9,11). The number of carbonyl (C=O) groups is 1. The molecule has 0 aliphatic carbocycles. The van der Waals surface area contributed by atoms with Crippen molar-refractivity contribution in [2.45, 2.75) is 6.10 Å². The largest absolute Gasteiger partial charge is 0.381 e. The summed E-state index contributed by atoms with van der Waals surface area (Å²) in [5, 5.41) is 12.3. The Balaban J connectivity index is 2.31. The lowest BCUT2D eigenvalue weighted by Gasteiger charge is -2.09. The number of aliphatic hydroxyl groups excluding tert-OH is 1. The summed E-state index contributed by atoms with van der Waals surface area (Å²) < 4.78 is 4.63. The molecule has 13 heavy (non-hydrogen) atoms. The third-order valence-electron chi connectivity index (χ3n) is 1.44. The number of hydrogen-bond donors (Lipinski definition) is 2. The summed E-state index contributed by atoms with van der Waals surface area (Å²) in [7, 11) is 1.43. The van der Waals surface area contributed by atoms with Crippen molar-refractivity contribution in [1.29, 1.82) is 0 Å². The van der Waals surface area contributed by atoms with Gasteiger partial charge in [-0.15, -0.1) is 0 Å². The number of carbonyl (C=O) groups excluding carboxylic acids is 1. The zero-order chi connectivity index (χ0) is 9.68. The predicted octanol–water partition coefficient (Wildman–Crippen LogP) is -0.787. The van der Waals surface area contributed by atoms with E-state index >= 15 is 0 Å². The molecule has 0 saturated carbocycles. The Morgan fingerprint density at radius 3 is 3.23 bits per heavy atom. The molecule has 0 fully saturated rings. The smallest absolute Gasteiger partial charge is 0.257 e. The maximum Gasteiger partial charge on any atom is 0.257 e. The fourth-order valence-corrected chi connectivity index (χ4v) is 1.56. The van der Waals surface area contributed by atoms with Crippen LogP contribution >= 0.6 is 11.8 Å². The van der Waals surface area contributed by atoms with Crippen molar-refractivity contribution < 1.29 is 14.6 Å². The number of amides is 1. The molecule has 1 heterocycles. The highest BCUT2D eigenvalue weighted by molar-refractivity contribution is 8.14. The highest BCUT2D eigenvalue weighted by Gasteiger charge is 2.17. The Morgan fingerprint density at radius 1 is 1.92 bits per heavy atom. The molecule has 0 bridgehead atoms. The Labute approximate surface area is 80.6 Å². The van der Waals surface area contributed by atoms with Gasteiger partial charge in [-0.05, 0) is 0 Å². The zero-order valence-corrected chi connectivity index (χ0v) is 8.13. The number of methoxy groups -OCH3 is 1. The SMILES string of the molecule is COCC(O)C(=O)NC1=NCCS1. The molecule has 6 heteroatoms. The van der Waals surface area contributed by atoms with Crippen LogP contribution in [0.4, 0.5) is 0 Å². The van der Waals surface area contributed by atoms with Gasteiger partial charge in [0.05, 0.1) is 13.2 Å². The highest BCUT2D eigenvalue weighted by Crippen LogP contribution is 2.08. The first-order valence-electron chi connectivity index (χ1n) is 3.89. The summed E-state index contributed by atoms with van der Waals surface area (Å²) in [6, 6.07) is 0. The first-order chi connectivity index (χ1) is 6.24. The molecule has 2 N–H and O–H groups in total. The van der Waals surface area contributed by atoms with E-state index in [1.165, 1.54) is 18.9 Å². The minimum atomic E-state index is -1.12. The number of rotatable bonds is 3. The average molecular weight is 204 g/mol. The average Bonchev–Trinajstić information content (AvgIpc) is 2.57. The lowest BCUT2D eigenvalue weighted by molar-refractivity contribution is -0.130. The fraction of sp³-hybridized carbons (Fsp3) is 0.714. The van der Waals surface area contributed by atoms with Gasteiger partial charge in [0.25, 0.3) is 5.91 Å². The van der Waals surface area contributed by atoms with Gasteiger partial charge in [0.15, 0.2) is 11.3 Å². The topological polar surface area (TPSA) is 70.9 Å². The second-order valence-corrected chi connectivity index (χ2v) is 3.58. The van der Waals surface area contributed by atoms with E-state index in [1.54, 1.807) is 0 Å². The molecule has 0 spiro atoms. The fourth-order valence-electron chi connectivity index (χ4n) is 0.833. The van der Waals surface area contributed by atoms with Gasteiger partial charge in [0.1, 0.15) is 0 Å². The van der Waals surface area contributed by atoms with E-state index < -0.39 is 12.0 Å². The van der Waals surface area contributed by atoms with Crippen molar-refractivity contribution in [3.63, 3.8) is 0 Å². The minimum absolute atomic E-state index is 0.00375. The lowest BCUT2D eigenvalue weighted by Crippen LogP contribution is -2.39. The van der Waals surface area contributed by atoms with E-state index in [1.807, 2.05) is 0 Å². The van der Waals surface area contributed by atoms with E-state index in [0.717, 1.165) is 12.3 Å². The van der Waals surface area contributed by atoms with Crippen molar-refractivity contribution in [1.82, 2.24) is 5.32 Å². The monoisotopic (exact) mass is 204 g/mol. The van der Waals surface area contributed by atoms with E-state index in [0.29, 0.717) is 5.17 Å². The first-order valence-corrected chi connectivity index (χ1v) is 4.87. The van der Waals surface area contributed by atoms with Crippen LogP contribution in [0.5, 0.6) is 0 Å². The van der Waals surface area contributed by atoms with Crippen LogP contribution in [0, 0.1) is 0 Å². The molecular weight excluding hydrogens is 192 g/mol. The molecule has 1 rings (SSSR count). The van der Waals surface area contributed by atoms with Gasteiger partial charge in [-0.2, -0.15) is 0 Å². The Hall–Kier alpha value is -0.590. The Bertz CT molecular complexity index is 220. The molecule has 1 atom stereocenters. The van der Waals surface area contributed by atoms with E-state index in [9.17, 15) is 9.90 Å². The van der Waals surface area contributed by atoms with Crippen LogP contribution in [0.15, 0.2) is 4.99 Å². The molecule has 74 valence electrons. The normalized spacial score (nSPS) is 18.2. The molecule has 5 nitrogen and oxygen atoms in total. The lowest BCUT2D eigenvalue weighted by atomic mass is 10.3. The van der Waals surface area contributed by atoms with Crippen LogP contribution in [-0.4, -0.2) is 48.3 Å². The molecule has 1 aliphatic heterocycles. The molecule has 1 unspecified atom stereocenters. The van der Waals surface area contributed by atoms with E-state index in [4.69, 9.17) is 0 Å². The Morgan fingerprint density at radius 2 is 2.69 bits per heavy atom. The molecule has 0 radical (unpaired) electrons. The number of ether oxygens (including phenoxy) is 1. The third kappa shape index (κ3) is 3.33. The molecule has 1 amide bonds. The molecular formula is C7H12N2O3S. The summed E-state index contributed by atoms with van der Waals surface area (Å²) >= 11 is 1.47. The number of amidine groups is 1. The van der Waals surface area contributed by atoms with Crippen LogP contribution in [0.1, 0.15) is 0 Å². The predicted molar refractivity (Wildman–Crippen MR) is 50.8 cm³/mol. The maximum atomic E-state index is 11.2. The van der Waals surface area contributed by atoms with Crippen molar-refractivity contribution in [2.75, 3.05) is 26.0 Å². The van der Waals surface area contributed by atoms with Crippen molar-refractivity contribution in [2.24, 2.45) is 4.99 Å². The second-order valence-electron chi connectivity index (χ2n) is 2.50. The van der Waals surface area contributed by atoms with Crippen molar-refractivity contribution >= 4 is 22.8 Å². The van der Waals surface area contributed by atoms with Gasteiger partial charge in [-0.25, -0.2) is 0 Å². The summed E-state index contributed by atoms with van der Waals surface area (Å²) in [4.78, 5) is 15.2. The number of nitrogens with one attached hydrogen (secondary N) is 1. The summed E-state index contributed by atoms with van der Waals surface area (Å²) in [5.41, 5.74) is 0. The number of nitrogens with zero attached hydrogens (tertiary/aromatic N) is 1. The number of aliphatic hydroxyl groups is 1. The van der Waals surface area contributed by atoms with Crippen LogP contribution in [0.2, 0.25) is 0 Å². The van der Waals surface area contributed by atoms with Crippen LogP contribution < -0.4 is 5.32 Å². The van der Waals surface area contributed by atoms with Crippen molar-refractivity contribution in [3.05, 3.63) is 0 Å².